The summed E-state index contributed by atoms with van der Waals surface area (Å²) in [6, 6.07) is 17.7. The highest BCUT2D eigenvalue weighted by molar-refractivity contribution is 6.30. The Kier molecular flexibility index (Phi) is 4.29. The van der Waals surface area contributed by atoms with Crippen LogP contribution < -0.4 is 5.32 Å². The SMILES string of the molecule is Cc1ccc(Cn2nccc2NC(=O)C2(c3ccc(Cl)cc3)CC2)cc1. The monoisotopic (exact) mass is 365 g/mol. The number of nitrogens with one attached hydrogen (secondary N) is 1. The summed E-state index contributed by atoms with van der Waals surface area (Å²) < 4.78 is 1.82. The second-order valence-electron chi connectivity index (χ2n) is 6.90. The van der Waals surface area contributed by atoms with Crippen molar-refractivity contribution in [3.63, 3.8) is 0 Å². The topological polar surface area (TPSA) is 46.9 Å². The smallest absolute Gasteiger partial charge is 0.236 e. The summed E-state index contributed by atoms with van der Waals surface area (Å²) in [5.41, 5.74) is 2.95. The van der Waals surface area contributed by atoms with E-state index in [1.165, 1.54) is 5.56 Å². The van der Waals surface area contributed by atoms with Crippen LogP contribution in [0.4, 0.5) is 5.82 Å². The van der Waals surface area contributed by atoms with Crippen LogP contribution in [-0.2, 0) is 16.8 Å². The van der Waals surface area contributed by atoms with Crippen molar-refractivity contribution in [2.24, 2.45) is 0 Å². The highest BCUT2D eigenvalue weighted by atomic mass is 35.5. The number of nitrogens with zero attached hydrogens (tertiary/aromatic N) is 2. The standard InChI is InChI=1S/C21H20ClN3O/c1-15-2-4-16(5-3-15)14-25-19(10-13-23-25)24-20(26)21(11-12-21)17-6-8-18(22)9-7-17/h2-10,13H,11-12,14H2,1H3,(H,24,26). The molecule has 1 aromatic heterocycles. The lowest BCUT2D eigenvalue weighted by Gasteiger charge is -2.17. The molecule has 1 aliphatic rings. The molecular weight excluding hydrogens is 346 g/mol. The van der Waals surface area contributed by atoms with E-state index in [9.17, 15) is 4.79 Å². The molecule has 1 aliphatic carbocycles. The van der Waals surface area contributed by atoms with Gasteiger partial charge in [-0.3, -0.25) is 4.79 Å². The number of aryl methyl sites for hydroxylation is 1. The van der Waals surface area contributed by atoms with Gasteiger partial charge in [0, 0.05) is 11.1 Å². The number of aromatic nitrogens is 2. The van der Waals surface area contributed by atoms with Crippen LogP contribution in [0, 0.1) is 6.92 Å². The van der Waals surface area contributed by atoms with Gasteiger partial charge in [0.15, 0.2) is 0 Å². The van der Waals surface area contributed by atoms with Crippen molar-refractivity contribution in [2.45, 2.75) is 31.7 Å². The van der Waals surface area contributed by atoms with Crippen LogP contribution in [0.3, 0.4) is 0 Å². The number of halogens is 1. The molecule has 5 heteroatoms. The molecule has 0 aliphatic heterocycles. The zero-order valence-corrected chi connectivity index (χ0v) is 15.3. The zero-order valence-electron chi connectivity index (χ0n) is 14.6. The number of anilines is 1. The van der Waals surface area contributed by atoms with Gasteiger partial charge in [-0.2, -0.15) is 5.10 Å². The van der Waals surface area contributed by atoms with Crippen LogP contribution in [0.1, 0.15) is 29.5 Å². The first kappa shape index (κ1) is 16.9. The van der Waals surface area contributed by atoms with Crippen molar-refractivity contribution in [2.75, 3.05) is 5.32 Å². The van der Waals surface area contributed by atoms with Crippen molar-refractivity contribution >= 4 is 23.3 Å². The Bertz CT molecular complexity index is 925. The van der Waals surface area contributed by atoms with Crippen molar-refractivity contribution in [1.29, 1.82) is 0 Å². The minimum Gasteiger partial charge on any atom is -0.310 e. The van der Waals surface area contributed by atoms with Crippen LogP contribution in [0.2, 0.25) is 5.02 Å². The molecule has 26 heavy (non-hydrogen) atoms. The van der Waals surface area contributed by atoms with Crippen molar-refractivity contribution in [3.05, 3.63) is 82.5 Å². The first-order chi connectivity index (χ1) is 12.6. The lowest BCUT2D eigenvalue weighted by molar-refractivity contribution is -0.118. The van der Waals surface area contributed by atoms with E-state index in [1.807, 2.05) is 35.0 Å². The van der Waals surface area contributed by atoms with E-state index in [2.05, 4.69) is 41.6 Å². The fraction of sp³-hybridized carbons (Fsp3) is 0.238. The van der Waals surface area contributed by atoms with E-state index >= 15 is 0 Å². The third-order valence-corrected chi connectivity index (χ3v) is 5.24. The largest absolute Gasteiger partial charge is 0.310 e. The van der Waals surface area contributed by atoms with Crippen molar-refractivity contribution < 1.29 is 4.79 Å². The van der Waals surface area contributed by atoms with Gasteiger partial charge in [0.2, 0.25) is 5.91 Å². The lowest BCUT2D eigenvalue weighted by atomic mass is 9.95. The third-order valence-electron chi connectivity index (χ3n) is 4.99. The van der Waals surface area contributed by atoms with Crippen molar-refractivity contribution in [3.8, 4) is 0 Å². The van der Waals surface area contributed by atoms with E-state index in [-0.39, 0.29) is 5.91 Å². The summed E-state index contributed by atoms with van der Waals surface area (Å²) in [7, 11) is 0. The van der Waals surface area contributed by atoms with E-state index in [1.54, 1.807) is 6.20 Å². The molecule has 4 nitrogen and oxygen atoms in total. The Morgan fingerprint density at radius 3 is 2.46 bits per heavy atom. The van der Waals surface area contributed by atoms with E-state index in [0.717, 1.165) is 29.8 Å². The molecule has 1 heterocycles. The van der Waals surface area contributed by atoms with Crippen LogP contribution in [0.5, 0.6) is 0 Å². The predicted octanol–water partition coefficient (Wildman–Crippen LogP) is 4.56. The number of hydrogen-bond acceptors (Lipinski definition) is 2. The molecule has 1 amide bonds. The predicted molar refractivity (Wildman–Crippen MR) is 104 cm³/mol. The normalized spacial score (nSPS) is 14.8. The number of amides is 1. The quantitative estimate of drug-likeness (QED) is 0.720. The molecular formula is C21H20ClN3O. The van der Waals surface area contributed by atoms with Gasteiger partial charge in [-0.1, -0.05) is 53.6 Å². The molecule has 2 aromatic carbocycles. The van der Waals surface area contributed by atoms with Gasteiger partial charge in [0.05, 0.1) is 18.2 Å². The Morgan fingerprint density at radius 2 is 1.81 bits per heavy atom. The van der Waals surface area contributed by atoms with Gasteiger partial charge in [-0.15, -0.1) is 0 Å². The Hall–Kier alpha value is -2.59. The first-order valence-electron chi connectivity index (χ1n) is 8.72. The Balaban J connectivity index is 1.51. The molecule has 132 valence electrons. The molecule has 0 atom stereocenters. The van der Waals surface area contributed by atoms with Gasteiger partial charge < -0.3 is 5.32 Å². The lowest BCUT2D eigenvalue weighted by Crippen LogP contribution is -2.29. The second-order valence-corrected chi connectivity index (χ2v) is 7.34. The van der Waals surface area contributed by atoms with Crippen LogP contribution in [0.15, 0.2) is 60.8 Å². The van der Waals surface area contributed by atoms with E-state index < -0.39 is 5.41 Å². The molecule has 1 N–H and O–H groups in total. The number of carbonyl (C=O) groups is 1. The summed E-state index contributed by atoms with van der Waals surface area (Å²) in [5, 5.41) is 8.11. The summed E-state index contributed by atoms with van der Waals surface area (Å²) in [4.78, 5) is 12.9. The maximum absolute atomic E-state index is 12.9. The van der Waals surface area contributed by atoms with Crippen molar-refractivity contribution in [1.82, 2.24) is 9.78 Å². The molecule has 0 saturated heterocycles. The average molecular weight is 366 g/mol. The van der Waals surface area contributed by atoms with Gasteiger partial charge in [-0.25, -0.2) is 4.68 Å². The van der Waals surface area contributed by atoms with Gasteiger partial charge in [0.25, 0.3) is 0 Å². The van der Waals surface area contributed by atoms with Crippen LogP contribution in [0.25, 0.3) is 0 Å². The molecule has 0 spiro atoms. The fourth-order valence-corrected chi connectivity index (χ4v) is 3.33. The van der Waals surface area contributed by atoms with Gasteiger partial charge in [-0.05, 0) is 43.0 Å². The fourth-order valence-electron chi connectivity index (χ4n) is 3.21. The molecule has 0 bridgehead atoms. The molecule has 3 aromatic rings. The molecule has 1 fully saturated rings. The number of hydrogen-bond donors (Lipinski definition) is 1. The maximum atomic E-state index is 12.9. The first-order valence-corrected chi connectivity index (χ1v) is 9.09. The second kappa shape index (κ2) is 6.61. The molecule has 1 saturated carbocycles. The molecule has 0 radical (unpaired) electrons. The average Bonchev–Trinajstić information content (AvgIpc) is 3.34. The third kappa shape index (κ3) is 3.25. The highest BCUT2D eigenvalue weighted by Crippen LogP contribution is 2.49. The van der Waals surface area contributed by atoms with E-state index in [4.69, 9.17) is 11.6 Å². The summed E-state index contributed by atoms with van der Waals surface area (Å²) in [6.45, 7) is 2.69. The minimum absolute atomic E-state index is 0.0190. The van der Waals surface area contributed by atoms with E-state index in [0.29, 0.717) is 11.6 Å². The molecule has 0 unspecified atom stereocenters. The Morgan fingerprint density at radius 1 is 1.12 bits per heavy atom. The molecule has 4 rings (SSSR count). The van der Waals surface area contributed by atoms with Crippen LogP contribution in [-0.4, -0.2) is 15.7 Å². The number of benzene rings is 2. The number of carbonyl (C=O) groups excluding carboxylic acids is 1. The van der Waals surface area contributed by atoms with Gasteiger partial charge >= 0.3 is 0 Å². The number of rotatable bonds is 5. The Labute approximate surface area is 157 Å². The minimum atomic E-state index is -0.441. The maximum Gasteiger partial charge on any atom is 0.236 e. The summed E-state index contributed by atoms with van der Waals surface area (Å²) >= 11 is 5.97. The van der Waals surface area contributed by atoms with Gasteiger partial charge in [0.1, 0.15) is 5.82 Å². The summed E-state index contributed by atoms with van der Waals surface area (Å²) in [5.74, 6) is 0.737. The van der Waals surface area contributed by atoms with Crippen LogP contribution >= 0.6 is 11.6 Å². The highest BCUT2D eigenvalue weighted by Gasteiger charge is 2.51. The summed E-state index contributed by atoms with van der Waals surface area (Å²) in [6.07, 6.45) is 3.42. The zero-order chi connectivity index (χ0) is 18.1.